The Bertz CT molecular complexity index is 2170. The van der Waals surface area contributed by atoms with Gasteiger partial charge in [0.05, 0.1) is 21.6 Å². The molecular weight excluding hydrogens is 669 g/mol. The Labute approximate surface area is 287 Å². The van der Waals surface area contributed by atoms with Crippen molar-refractivity contribution in [3.8, 4) is 11.5 Å². The highest BCUT2D eigenvalue weighted by atomic mass is 32.2. The van der Waals surface area contributed by atoms with E-state index in [-0.39, 0.29) is 6.54 Å². The van der Waals surface area contributed by atoms with Gasteiger partial charge in [-0.3, -0.25) is 4.79 Å². The van der Waals surface area contributed by atoms with Crippen LogP contribution in [0.5, 0.6) is 0 Å². The van der Waals surface area contributed by atoms with E-state index in [1.165, 1.54) is 35.9 Å². The van der Waals surface area contributed by atoms with Gasteiger partial charge in [-0.25, -0.2) is 13.4 Å². The zero-order valence-electron chi connectivity index (χ0n) is 27.8. The number of fused-ring (bicyclic) bond motifs is 3. The zero-order chi connectivity index (χ0) is 34.9. The monoisotopic (exact) mass is 707 g/mol. The number of imidazole rings is 1. The van der Waals surface area contributed by atoms with Crippen LogP contribution >= 0.6 is 0 Å². The number of rotatable bonds is 10. The van der Waals surface area contributed by atoms with Crippen LogP contribution in [0.2, 0.25) is 0 Å². The van der Waals surface area contributed by atoms with Crippen molar-refractivity contribution in [3.05, 3.63) is 83.9 Å². The van der Waals surface area contributed by atoms with Gasteiger partial charge in [0, 0.05) is 54.5 Å². The molecule has 2 aromatic heterocycles. The minimum atomic E-state index is -5.22. The zero-order valence-corrected chi connectivity index (χ0v) is 29.5. The molecule has 2 aliphatic rings. The number of para-hydroxylation sites is 1. The minimum absolute atomic E-state index is 0.0828. The molecule has 3 heterocycles. The van der Waals surface area contributed by atoms with Crippen molar-refractivity contribution in [1.82, 2.24) is 23.7 Å². The van der Waals surface area contributed by atoms with Crippen LogP contribution in [0.4, 0.5) is 8.78 Å². The van der Waals surface area contributed by atoms with E-state index in [4.69, 9.17) is 4.98 Å². The predicted octanol–water partition coefficient (Wildman–Crippen LogP) is 6.09. The van der Waals surface area contributed by atoms with Crippen molar-refractivity contribution < 1.29 is 26.5 Å². The first-order chi connectivity index (χ1) is 23.2. The highest BCUT2D eigenvalue weighted by Gasteiger charge is 2.56. The Morgan fingerprint density at radius 1 is 1.02 bits per heavy atom. The fraction of sp³-hybridized carbons (Fsp3) is 0.389. The highest BCUT2D eigenvalue weighted by molar-refractivity contribution is 7.93. The third-order valence-electron chi connectivity index (χ3n) is 9.48. The number of hydrogen-bond donors (Lipinski definition) is 1. The lowest BCUT2D eigenvalue weighted by Gasteiger charge is -2.36. The molecule has 0 bridgehead atoms. The van der Waals surface area contributed by atoms with Crippen molar-refractivity contribution >= 4 is 49.0 Å². The van der Waals surface area contributed by atoms with Crippen LogP contribution in [0, 0.1) is 5.92 Å². The molecule has 0 spiro atoms. The summed E-state index contributed by atoms with van der Waals surface area (Å²) in [4.78, 5) is 19.6. The number of amides is 1. The number of carbonyl (C=O) groups excluding carboxylic acids is 1. The average molecular weight is 708 g/mol. The standard InChI is InChI=1S/C36H39F2N5O4S2/c1-35(2,3)48(45)40-32(36(37,38)49(46,47)26-11-6-5-7-12-26)22-42-17-16-24-18-30-28(20-27(24)34(42)44)39-33(41(30)4)31-19-25-10-8-9-13-29(25)43(31)21-23-14-15-23/h5-13,18-20,23,32,40H,14-17,21-22H2,1-4H3/t32-,48+/m0/s1. The quantitative estimate of drug-likeness (QED) is 0.176. The van der Waals surface area contributed by atoms with Crippen molar-refractivity contribution in [2.45, 2.75) is 67.5 Å². The SMILES string of the molecule is Cn1c(-c2cc3ccccc3n2CC2CC2)nc2cc3c(cc21)CCN(C[C@H](N[S@+]([O-])C(C)(C)C)C(F)(F)S(=O)(=O)c1ccccc1)C3=O. The first-order valence-corrected chi connectivity index (χ1v) is 19.0. The van der Waals surface area contributed by atoms with Crippen molar-refractivity contribution in [2.75, 3.05) is 13.1 Å². The molecule has 9 nitrogen and oxygen atoms in total. The number of alkyl halides is 2. The van der Waals surface area contributed by atoms with E-state index in [0.717, 1.165) is 52.2 Å². The van der Waals surface area contributed by atoms with Gasteiger partial charge in [0.2, 0.25) is 9.84 Å². The number of halogens is 2. The van der Waals surface area contributed by atoms with E-state index in [1.54, 1.807) is 26.8 Å². The molecule has 0 saturated heterocycles. The summed E-state index contributed by atoms with van der Waals surface area (Å²) in [6.45, 7) is 5.09. The second-order valence-corrected chi connectivity index (χ2v) is 18.1. The van der Waals surface area contributed by atoms with Gasteiger partial charge in [0.15, 0.2) is 5.82 Å². The summed E-state index contributed by atoms with van der Waals surface area (Å²) in [5.74, 6) is 0.881. The molecule has 1 fully saturated rings. The van der Waals surface area contributed by atoms with Gasteiger partial charge in [-0.15, -0.1) is 4.72 Å². The Kier molecular flexibility index (Phi) is 8.40. The second kappa shape index (κ2) is 12.2. The molecule has 1 N–H and O–H groups in total. The van der Waals surface area contributed by atoms with Crippen molar-refractivity contribution in [2.24, 2.45) is 13.0 Å². The van der Waals surface area contributed by atoms with E-state index in [2.05, 4.69) is 27.5 Å². The van der Waals surface area contributed by atoms with Crippen LogP contribution < -0.4 is 4.72 Å². The summed E-state index contributed by atoms with van der Waals surface area (Å²) in [5.41, 5.74) is 4.65. The Morgan fingerprint density at radius 3 is 2.41 bits per heavy atom. The molecule has 1 saturated carbocycles. The fourth-order valence-corrected chi connectivity index (χ4v) is 8.70. The summed E-state index contributed by atoms with van der Waals surface area (Å²) < 4.78 is 77.7. The second-order valence-electron chi connectivity index (χ2n) is 14.1. The molecule has 1 aliphatic heterocycles. The normalized spacial score (nSPS) is 17.1. The number of benzene rings is 3. The van der Waals surface area contributed by atoms with E-state index in [0.29, 0.717) is 23.4 Å². The summed E-state index contributed by atoms with van der Waals surface area (Å²) >= 11 is -2.06. The maximum atomic E-state index is 16.1. The molecule has 258 valence electrons. The highest BCUT2D eigenvalue weighted by Crippen LogP contribution is 2.38. The molecule has 7 rings (SSSR count). The lowest BCUT2D eigenvalue weighted by atomic mass is 9.97. The van der Waals surface area contributed by atoms with E-state index >= 15 is 8.78 Å². The average Bonchev–Trinajstić information content (AvgIpc) is 3.74. The maximum Gasteiger partial charge on any atom is 0.370 e. The molecule has 2 atom stereocenters. The van der Waals surface area contributed by atoms with Gasteiger partial charge in [-0.2, -0.15) is 8.78 Å². The molecule has 1 amide bonds. The van der Waals surface area contributed by atoms with Crippen molar-refractivity contribution in [3.63, 3.8) is 0 Å². The van der Waals surface area contributed by atoms with Crippen LogP contribution in [-0.4, -0.2) is 67.0 Å². The smallest absolute Gasteiger partial charge is 0.370 e. The third kappa shape index (κ3) is 6.04. The maximum absolute atomic E-state index is 16.1. The van der Waals surface area contributed by atoms with Gasteiger partial charge in [0.25, 0.3) is 5.91 Å². The predicted molar refractivity (Wildman–Crippen MR) is 187 cm³/mol. The van der Waals surface area contributed by atoms with E-state index < -0.39 is 54.6 Å². The van der Waals surface area contributed by atoms with Gasteiger partial charge < -0.3 is 18.6 Å². The Balaban J connectivity index is 1.23. The molecular formula is C36H39F2N5O4S2. The van der Waals surface area contributed by atoms with Gasteiger partial charge in [-0.05, 0) is 87.9 Å². The van der Waals surface area contributed by atoms with Crippen LogP contribution in [0.25, 0.3) is 33.5 Å². The molecule has 5 aromatic rings. The van der Waals surface area contributed by atoms with Gasteiger partial charge in [0.1, 0.15) is 10.8 Å². The lowest BCUT2D eigenvalue weighted by Crippen LogP contribution is -2.60. The van der Waals surface area contributed by atoms with Crippen LogP contribution in [-0.2, 0) is 41.2 Å². The summed E-state index contributed by atoms with van der Waals surface area (Å²) in [5, 5.41) is -3.27. The molecule has 13 heteroatoms. The number of nitrogens with one attached hydrogen (secondary N) is 1. The van der Waals surface area contributed by atoms with Gasteiger partial charge >= 0.3 is 5.25 Å². The Morgan fingerprint density at radius 2 is 1.71 bits per heavy atom. The summed E-state index contributed by atoms with van der Waals surface area (Å²) in [6, 6.07) is 18.3. The summed E-state index contributed by atoms with van der Waals surface area (Å²) in [6.07, 6.45) is 2.77. The lowest BCUT2D eigenvalue weighted by molar-refractivity contribution is 0.0351. The van der Waals surface area contributed by atoms with Crippen LogP contribution in [0.3, 0.4) is 0 Å². The number of aromatic nitrogens is 3. The van der Waals surface area contributed by atoms with E-state index in [9.17, 15) is 17.8 Å². The molecule has 49 heavy (non-hydrogen) atoms. The van der Waals surface area contributed by atoms with Crippen LogP contribution in [0.1, 0.15) is 49.5 Å². The number of carbonyl (C=O) groups is 1. The molecule has 3 aromatic carbocycles. The largest absolute Gasteiger partial charge is 0.598 e. The van der Waals surface area contributed by atoms with E-state index in [1.807, 2.05) is 29.8 Å². The Hall–Kier alpha value is -3.78. The minimum Gasteiger partial charge on any atom is -0.598 e. The number of hydrogen-bond acceptors (Lipinski definition) is 6. The van der Waals surface area contributed by atoms with Crippen LogP contribution in [0.15, 0.2) is 77.7 Å². The third-order valence-corrected chi connectivity index (χ3v) is 13.0. The molecule has 0 unspecified atom stereocenters. The first-order valence-electron chi connectivity index (χ1n) is 16.4. The number of sulfone groups is 1. The molecule has 1 aliphatic carbocycles. The molecule has 0 radical (unpaired) electrons. The fourth-order valence-electron chi connectivity index (χ4n) is 6.45. The topological polar surface area (TPSA) is 112 Å². The summed E-state index contributed by atoms with van der Waals surface area (Å²) in [7, 11) is -3.26. The van der Waals surface area contributed by atoms with Gasteiger partial charge in [-0.1, -0.05) is 36.4 Å². The number of aryl methyl sites for hydroxylation is 1. The first kappa shape index (κ1) is 33.7. The van der Waals surface area contributed by atoms with Crippen molar-refractivity contribution in [1.29, 1.82) is 0 Å². The number of nitrogens with zero attached hydrogens (tertiary/aromatic N) is 4.